The molecule has 1 aromatic heterocycles. The van der Waals surface area contributed by atoms with Gasteiger partial charge in [-0.1, -0.05) is 30.3 Å². The summed E-state index contributed by atoms with van der Waals surface area (Å²) in [5.41, 5.74) is 1.81. The van der Waals surface area contributed by atoms with Gasteiger partial charge in [0.1, 0.15) is 11.8 Å². The SMILES string of the molecule is Cc1oc(-c2ccc3ccccc3c2)nc1CN1CCN2C(=O)CNC(=O)[C@@H]2C1. The van der Waals surface area contributed by atoms with E-state index in [9.17, 15) is 9.59 Å². The van der Waals surface area contributed by atoms with E-state index in [1.807, 2.05) is 25.1 Å². The third-order valence-corrected chi connectivity index (χ3v) is 5.76. The van der Waals surface area contributed by atoms with E-state index in [1.54, 1.807) is 4.90 Å². The summed E-state index contributed by atoms with van der Waals surface area (Å²) in [6.07, 6.45) is 0. The number of oxazole rings is 1. The van der Waals surface area contributed by atoms with Gasteiger partial charge in [0, 0.05) is 31.7 Å². The maximum atomic E-state index is 12.2. The largest absolute Gasteiger partial charge is 0.441 e. The van der Waals surface area contributed by atoms with Crippen LogP contribution in [0, 0.1) is 6.92 Å². The fourth-order valence-electron chi connectivity index (χ4n) is 4.12. The zero-order valence-corrected chi connectivity index (χ0v) is 16.2. The van der Waals surface area contributed by atoms with Crippen molar-refractivity contribution in [3.8, 4) is 11.5 Å². The molecule has 2 fully saturated rings. The van der Waals surface area contributed by atoms with E-state index in [2.05, 4.69) is 34.5 Å². The number of benzene rings is 2. The molecule has 5 rings (SSSR count). The van der Waals surface area contributed by atoms with Crippen LogP contribution in [-0.2, 0) is 16.1 Å². The summed E-state index contributed by atoms with van der Waals surface area (Å²) in [7, 11) is 0. The molecule has 1 N–H and O–H groups in total. The summed E-state index contributed by atoms with van der Waals surface area (Å²) in [5, 5.41) is 5.00. The number of hydrogen-bond acceptors (Lipinski definition) is 5. The van der Waals surface area contributed by atoms with Crippen molar-refractivity contribution < 1.29 is 14.0 Å². The number of rotatable bonds is 3. The fraction of sp³-hybridized carbons (Fsp3) is 0.318. The molecule has 2 saturated heterocycles. The molecule has 2 aliphatic rings. The van der Waals surface area contributed by atoms with Crippen molar-refractivity contribution in [3.63, 3.8) is 0 Å². The molecular formula is C22H22N4O3. The minimum atomic E-state index is -0.419. The zero-order chi connectivity index (χ0) is 20.0. The average molecular weight is 390 g/mol. The maximum Gasteiger partial charge on any atom is 0.244 e. The third kappa shape index (κ3) is 3.27. The molecule has 0 aliphatic carbocycles. The molecule has 0 saturated carbocycles. The van der Waals surface area contributed by atoms with Crippen LogP contribution in [0.3, 0.4) is 0 Å². The second kappa shape index (κ2) is 7.00. The smallest absolute Gasteiger partial charge is 0.244 e. The Labute approximate surface area is 168 Å². The first-order chi connectivity index (χ1) is 14.1. The monoisotopic (exact) mass is 390 g/mol. The number of nitrogens with zero attached hydrogens (tertiary/aromatic N) is 3. The number of hydrogen-bond donors (Lipinski definition) is 1. The molecule has 2 amide bonds. The van der Waals surface area contributed by atoms with E-state index in [-0.39, 0.29) is 18.4 Å². The quantitative estimate of drug-likeness (QED) is 0.740. The van der Waals surface area contributed by atoms with Gasteiger partial charge in [0.2, 0.25) is 17.7 Å². The van der Waals surface area contributed by atoms with Gasteiger partial charge in [0.05, 0.1) is 12.2 Å². The van der Waals surface area contributed by atoms with E-state index in [0.29, 0.717) is 32.1 Å². The first kappa shape index (κ1) is 17.9. The highest BCUT2D eigenvalue weighted by Gasteiger charge is 2.38. The molecule has 3 heterocycles. The van der Waals surface area contributed by atoms with Crippen molar-refractivity contribution in [1.82, 2.24) is 20.1 Å². The van der Waals surface area contributed by atoms with Crippen LogP contribution < -0.4 is 5.32 Å². The van der Waals surface area contributed by atoms with Gasteiger partial charge < -0.3 is 14.6 Å². The van der Waals surface area contributed by atoms with Crippen LogP contribution in [0.15, 0.2) is 46.9 Å². The lowest BCUT2D eigenvalue weighted by Crippen LogP contribution is -2.65. The molecular weight excluding hydrogens is 368 g/mol. The molecule has 0 unspecified atom stereocenters. The van der Waals surface area contributed by atoms with Crippen molar-refractivity contribution in [2.45, 2.75) is 19.5 Å². The minimum absolute atomic E-state index is 0.00884. The van der Waals surface area contributed by atoms with Crippen LogP contribution in [-0.4, -0.2) is 58.8 Å². The Morgan fingerprint density at radius 1 is 1.14 bits per heavy atom. The maximum absolute atomic E-state index is 12.2. The molecule has 0 spiro atoms. The Morgan fingerprint density at radius 2 is 1.97 bits per heavy atom. The summed E-state index contributed by atoms with van der Waals surface area (Å²) in [5.74, 6) is 1.29. The highest BCUT2D eigenvalue weighted by atomic mass is 16.4. The minimum Gasteiger partial charge on any atom is -0.441 e. The first-order valence-corrected chi connectivity index (χ1v) is 9.83. The Bertz CT molecular complexity index is 1110. The van der Waals surface area contributed by atoms with Gasteiger partial charge in [-0.05, 0) is 29.8 Å². The zero-order valence-electron chi connectivity index (χ0n) is 16.2. The second-order valence-electron chi connectivity index (χ2n) is 7.64. The van der Waals surface area contributed by atoms with E-state index < -0.39 is 6.04 Å². The molecule has 7 heteroatoms. The van der Waals surface area contributed by atoms with Crippen molar-refractivity contribution in [3.05, 3.63) is 53.9 Å². The molecule has 29 heavy (non-hydrogen) atoms. The van der Waals surface area contributed by atoms with Crippen LogP contribution in [0.1, 0.15) is 11.5 Å². The van der Waals surface area contributed by atoms with Crippen molar-refractivity contribution in [2.24, 2.45) is 0 Å². The van der Waals surface area contributed by atoms with Gasteiger partial charge in [-0.3, -0.25) is 14.5 Å². The van der Waals surface area contributed by atoms with E-state index in [0.717, 1.165) is 22.4 Å². The standard InChI is InChI=1S/C22H22N4O3/c1-14-18(12-25-8-9-26-19(13-25)21(28)23-11-20(26)27)24-22(29-14)17-7-6-15-4-2-3-5-16(15)10-17/h2-7,10,19H,8-9,11-13H2,1H3,(H,23,28)/t19-/m0/s1. The number of aromatic nitrogens is 1. The predicted molar refractivity (Wildman–Crippen MR) is 108 cm³/mol. The first-order valence-electron chi connectivity index (χ1n) is 9.83. The summed E-state index contributed by atoms with van der Waals surface area (Å²) >= 11 is 0. The highest BCUT2D eigenvalue weighted by Crippen LogP contribution is 2.26. The molecule has 3 aromatic rings. The predicted octanol–water partition coefficient (Wildman–Crippen LogP) is 1.95. The number of carbonyl (C=O) groups excluding carboxylic acids is 2. The summed E-state index contributed by atoms with van der Waals surface area (Å²) in [4.78, 5) is 32.8. The molecule has 0 radical (unpaired) electrons. The van der Waals surface area contributed by atoms with Gasteiger partial charge in [-0.25, -0.2) is 4.98 Å². The van der Waals surface area contributed by atoms with Crippen molar-refractivity contribution >= 4 is 22.6 Å². The van der Waals surface area contributed by atoms with Crippen molar-refractivity contribution in [2.75, 3.05) is 26.2 Å². The Morgan fingerprint density at radius 3 is 2.83 bits per heavy atom. The second-order valence-corrected chi connectivity index (χ2v) is 7.64. The summed E-state index contributed by atoms with van der Waals surface area (Å²) in [6.45, 7) is 4.40. The lowest BCUT2D eigenvalue weighted by molar-refractivity contribution is -0.149. The highest BCUT2D eigenvalue weighted by molar-refractivity contribution is 5.95. The number of carbonyl (C=O) groups is 2. The van der Waals surface area contributed by atoms with Crippen LogP contribution in [0.4, 0.5) is 0 Å². The number of fused-ring (bicyclic) bond motifs is 2. The van der Waals surface area contributed by atoms with E-state index >= 15 is 0 Å². The Kier molecular flexibility index (Phi) is 4.32. The summed E-state index contributed by atoms with van der Waals surface area (Å²) in [6, 6.07) is 14.0. The molecule has 2 aromatic carbocycles. The molecule has 1 atom stereocenters. The van der Waals surface area contributed by atoms with Gasteiger partial charge in [0.25, 0.3) is 0 Å². The van der Waals surface area contributed by atoms with Gasteiger partial charge in [-0.15, -0.1) is 0 Å². The number of amides is 2. The molecule has 7 nitrogen and oxygen atoms in total. The molecule has 0 bridgehead atoms. The van der Waals surface area contributed by atoms with Gasteiger partial charge in [0.15, 0.2) is 0 Å². The fourth-order valence-corrected chi connectivity index (χ4v) is 4.12. The Hall–Kier alpha value is -3.19. The molecule has 148 valence electrons. The van der Waals surface area contributed by atoms with Crippen LogP contribution >= 0.6 is 0 Å². The summed E-state index contributed by atoms with van der Waals surface area (Å²) < 4.78 is 5.95. The lowest BCUT2D eigenvalue weighted by atomic mass is 10.1. The average Bonchev–Trinajstić information content (AvgIpc) is 3.11. The van der Waals surface area contributed by atoms with Gasteiger partial charge in [-0.2, -0.15) is 0 Å². The third-order valence-electron chi connectivity index (χ3n) is 5.76. The molecule has 2 aliphatic heterocycles. The normalized spacial score (nSPS) is 20.0. The van der Waals surface area contributed by atoms with Crippen LogP contribution in [0.5, 0.6) is 0 Å². The number of nitrogens with one attached hydrogen (secondary N) is 1. The van der Waals surface area contributed by atoms with E-state index in [4.69, 9.17) is 9.40 Å². The van der Waals surface area contributed by atoms with Crippen molar-refractivity contribution in [1.29, 1.82) is 0 Å². The topological polar surface area (TPSA) is 78.7 Å². The number of piperazine rings is 2. The van der Waals surface area contributed by atoms with Crippen LogP contribution in [0.2, 0.25) is 0 Å². The van der Waals surface area contributed by atoms with Crippen LogP contribution in [0.25, 0.3) is 22.2 Å². The number of aryl methyl sites for hydroxylation is 1. The Balaban J connectivity index is 1.35. The lowest BCUT2D eigenvalue weighted by Gasteiger charge is -2.42. The van der Waals surface area contributed by atoms with Gasteiger partial charge >= 0.3 is 0 Å². The van der Waals surface area contributed by atoms with E-state index in [1.165, 1.54) is 5.39 Å².